The third kappa shape index (κ3) is 5.53. The Labute approximate surface area is 183 Å². The van der Waals surface area contributed by atoms with Gasteiger partial charge in [0.25, 0.3) is 5.56 Å². The van der Waals surface area contributed by atoms with Crippen LogP contribution in [0.1, 0.15) is 30.6 Å². The van der Waals surface area contributed by atoms with E-state index in [-0.39, 0.29) is 11.0 Å². The molecule has 0 aliphatic carbocycles. The highest BCUT2D eigenvalue weighted by atomic mass is 19.4. The van der Waals surface area contributed by atoms with Gasteiger partial charge in [-0.2, -0.15) is 13.2 Å². The van der Waals surface area contributed by atoms with Crippen LogP contribution in [-0.4, -0.2) is 40.5 Å². The number of fused-ring (bicyclic) bond motifs is 1. The highest BCUT2D eigenvalue weighted by Crippen LogP contribution is 2.27. The minimum atomic E-state index is -4.91. The van der Waals surface area contributed by atoms with Gasteiger partial charge in [0.1, 0.15) is 6.04 Å². The second-order valence-electron chi connectivity index (χ2n) is 7.67. The van der Waals surface area contributed by atoms with Gasteiger partial charge in [0, 0.05) is 13.1 Å². The number of halogens is 3. The van der Waals surface area contributed by atoms with Crippen molar-refractivity contribution in [3.05, 3.63) is 76.2 Å². The van der Waals surface area contributed by atoms with Crippen molar-refractivity contribution in [3.8, 4) is 0 Å². The average molecular weight is 446 g/mol. The Morgan fingerprint density at radius 1 is 1.12 bits per heavy atom. The monoisotopic (exact) mass is 446 g/mol. The van der Waals surface area contributed by atoms with Crippen LogP contribution >= 0.6 is 0 Å². The first-order valence-corrected chi connectivity index (χ1v) is 10.3. The first-order valence-electron chi connectivity index (χ1n) is 10.3. The first-order chi connectivity index (χ1) is 15.2. The van der Waals surface area contributed by atoms with Crippen molar-refractivity contribution >= 4 is 16.9 Å². The van der Waals surface area contributed by atoms with Gasteiger partial charge in [-0.05, 0) is 44.6 Å². The minimum Gasteiger partial charge on any atom is -0.354 e. The van der Waals surface area contributed by atoms with E-state index in [1.54, 1.807) is 6.07 Å². The molecule has 6 nitrogen and oxygen atoms in total. The number of rotatable bonds is 8. The molecule has 0 bridgehead atoms. The van der Waals surface area contributed by atoms with E-state index in [9.17, 15) is 22.8 Å². The topological polar surface area (TPSA) is 67.2 Å². The molecule has 0 radical (unpaired) electrons. The highest BCUT2D eigenvalue weighted by molar-refractivity contribution is 5.83. The van der Waals surface area contributed by atoms with E-state index < -0.39 is 29.4 Å². The van der Waals surface area contributed by atoms with Crippen LogP contribution in [0, 0.1) is 0 Å². The molecule has 0 saturated heterocycles. The fourth-order valence-corrected chi connectivity index (χ4v) is 3.52. The summed E-state index contributed by atoms with van der Waals surface area (Å²) in [7, 11) is 1.97. The summed E-state index contributed by atoms with van der Waals surface area (Å²) in [6.07, 6.45) is -4.26. The predicted molar refractivity (Wildman–Crippen MR) is 116 cm³/mol. The molecule has 1 aromatic heterocycles. The van der Waals surface area contributed by atoms with E-state index in [2.05, 4.69) is 15.2 Å². The minimum absolute atomic E-state index is 0.00149. The number of carbonyl (C=O) groups is 1. The molecule has 170 valence electrons. The maximum absolute atomic E-state index is 13.3. The van der Waals surface area contributed by atoms with Crippen LogP contribution in [0.5, 0.6) is 0 Å². The normalized spacial score (nSPS) is 12.8. The summed E-state index contributed by atoms with van der Waals surface area (Å²) in [5.41, 5.74) is -1.51. The molecule has 0 saturated carbocycles. The van der Waals surface area contributed by atoms with Gasteiger partial charge in [-0.25, -0.2) is 4.98 Å². The van der Waals surface area contributed by atoms with Crippen LogP contribution in [0.25, 0.3) is 11.0 Å². The van der Waals surface area contributed by atoms with E-state index >= 15 is 0 Å². The number of nitrogens with zero attached hydrogens (tertiary/aromatic N) is 3. The molecule has 1 amide bonds. The second-order valence-corrected chi connectivity index (χ2v) is 7.67. The van der Waals surface area contributed by atoms with Gasteiger partial charge in [-0.15, -0.1) is 0 Å². The van der Waals surface area contributed by atoms with E-state index in [4.69, 9.17) is 0 Å². The number of carbonyl (C=O) groups excluding carboxylic acids is 1. The Hall–Kier alpha value is -3.20. The molecule has 1 N–H and O–H groups in total. The van der Waals surface area contributed by atoms with Crippen molar-refractivity contribution < 1.29 is 18.0 Å². The third-order valence-electron chi connectivity index (χ3n) is 5.14. The average Bonchev–Trinajstić information content (AvgIpc) is 2.75. The summed E-state index contributed by atoms with van der Waals surface area (Å²) in [6, 6.07) is 14.8. The number of benzene rings is 2. The lowest BCUT2D eigenvalue weighted by Gasteiger charge is -2.20. The molecule has 0 fully saturated rings. The van der Waals surface area contributed by atoms with Crippen molar-refractivity contribution in [2.75, 3.05) is 20.1 Å². The lowest BCUT2D eigenvalue weighted by Crippen LogP contribution is -2.39. The standard InChI is InChI=1S/C23H25F3N4O2/c1-16(21(31)27-13-8-14-29(2)15-17-9-4-3-5-10-17)30-19-12-7-6-11-18(19)28-20(22(30)32)23(24,25)26/h3-7,9-12,16H,8,13-15H2,1-2H3,(H,27,31)/t16-/m1/s1. The zero-order valence-electron chi connectivity index (χ0n) is 17.9. The quantitative estimate of drug-likeness (QED) is 0.537. The van der Waals surface area contributed by atoms with Crippen molar-refractivity contribution in [1.29, 1.82) is 0 Å². The van der Waals surface area contributed by atoms with Crippen LogP contribution in [-0.2, 0) is 17.5 Å². The maximum Gasteiger partial charge on any atom is 0.438 e. The lowest BCUT2D eigenvalue weighted by molar-refractivity contribution is -0.142. The van der Waals surface area contributed by atoms with Crippen LogP contribution < -0.4 is 10.9 Å². The van der Waals surface area contributed by atoms with Crippen molar-refractivity contribution in [2.45, 2.75) is 32.1 Å². The molecule has 1 atom stereocenters. The van der Waals surface area contributed by atoms with Crippen LogP contribution in [0.3, 0.4) is 0 Å². The smallest absolute Gasteiger partial charge is 0.354 e. The van der Waals surface area contributed by atoms with Crippen molar-refractivity contribution in [3.63, 3.8) is 0 Å². The van der Waals surface area contributed by atoms with Crippen LogP contribution in [0.4, 0.5) is 13.2 Å². The second kappa shape index (κ2) is 9.95. The van der Waals surface area contributed by atoms with Crippen LogP contribution in [0.2, 0.25) is 0 Å². The number of alkyl halides is 3. The molecule has 32 heavy (non-hydrogen) atoms. The molecule has 3 rings (SSSR count). The number of nitrogens with one attached hydrogen (secondary N) is 1. The fourth-order valence-electron chi connectivity index (χ4n) is 3.52. The summed E-state index contributed by atoms with van der Waals surface area (Å²) < 4.78 is 40.8. The van der Waals surface area contributed by atoms with Crippen molar-refractivity contribution in [2.24, 2.45) is 0 Å². The fraction of sp³-hybridized carbons (Fsp3) is 0.348. The predicted octanol–water partition coefficient (Wildman–Crippen LogP) is 3.61. The van der Waals surface area contributed by atoms with E-state index in [1.165, 1.54) is 30.7 Å². The largest absolute Gasteiger partial charge is 0.438 e. The number of aromatic nitrogens is 2. The molecule has 3 aromatic rings. The molecule has 0 unspecified atom stereocenters. The summed E-state index contributed by atoms with van der Waals surface area (Å²) in [5.74, 6) is -0.526. The molecule has 1 heterocycles. The van der Waals surface area contributed by atoms with E-state index in [0.717, 1.165) is 17.7 Å². The lowest BCUT2D eigenvalue weighted by atomic mass is 10.2. The Morgan fingerprint density at radius 3 is 2.47 bits per heavy atom. The van der Waals surface area contributed by atoms with Crippen molar-refractivity contribution in [1.82, 2.24) is 19.8 Å². The highest BCUT2D eigenvalue weighted by Gasteiger charge is 2.38. The van der Waals surface area contributed by atoms with E-state index in [0.29, 0.717) is 13.0 Å². The number of hydrogen-bond acceptors (Lipinski definition) is 4. The Bertz CT molecular complexity index is 1130. The summed E-state index contributed by atoms with van der Waals surface area (Å²) in [6.45, 7) is 3.24. The van der Waals surface area contributed by atoms with Gasteiger partial charge < -0.3 is 10.2 Å². The van der Waals surface area contributed by atoms with Gasteiger partial charge in [-0.1, -0.05) is 42.5 Å². The molecule has 0 spiro atoms. The Morgan fingerprint density at radius 2 is 1.78 bits per heavy atom. The molecule has 0 aliphatic rings. The van der Waals surface area contributed by atoms with Gasteiger partial charge >= 0.3 is 6.18 Å². The zero-order chi connectivity index (χ0) is 23.3. The Kier molecular flexibility index (Phi) is 7.29. The van der Waals surface area contributed by atoms with Gasteiger partial charge in [-0.3, -0.25) is 14.2 Å². The van der Waals surface area contributed by atoms with E-state index in [1.807, 2.05) is 37.4 Å². The van der Waals surface area contributed by atoms with Gasteiger partial charge in [0.15, 0.2) is 0 Å². The van der Waals surface area contributed by atoms with Crippen LogP contribution in [0.15, 0.2) is 59.4 Å². The molecule has 2 aromatic carbocycles. The number of amides is 1. The van der Waals surface area contributed by atoms with Gasteiger partial charge in [0.05, 0.1) is 11.0 Å². The summed E-state index contributed by atoms with van der Waals surface area (Å²) >= 11 is 0. The summed E-state index contributed by atoms with van der Waals surface area (Å²) in [5, 5.41) is 2.72. The number of para-hydroxylation sites is 2. The number of hydrogen-bond donors (Lipinski definition) is 1. The summed E-state index contributed by atoms with van der Waals surface area (Å²) in [4.78, 5) is 30.8. The molecular formula is C23H25F3N4O2. The zero-order valence-corrected chi connectivity index (χ0v) is 17.9. The third-order valence-corrected chi connectivity index (χ3v) is 5.14. The van der Waals surface area contributed by atoms with Gasteiger partial charge in [0.2, 0.25) is 11.6 Å². The maximum atomic E-state index is 13.3. The first kappa shape index (κ1) is 23.5. The molecular weight excluding hydrogens is 421 g/mol. The Balaban J connectivity index is 1.67. The SMILES string of the molecule is C[C@H](C(=O)NCCCN(C)Cc1ccccc1)n1c(=O)c(C(F)(F)F)nc2ccccc21. The molecule has 0 aliphatic heterocycles. The molecule has 9 heteroatoms.